The largest absolute Gasteiger partial charge is 0.325 e. The third-order valence-electron chi connectivity index (χ3n) is 3.89. The number of likely N-dealkylation sites (tertiary alicyclic amines) is 1. The number of anilines is 1. The maximum Gasteiger partial charge on any atom is 0.238 e. The second kappa shape index (κ2) is 6.14. The van der Waals surface area contributed by atoms with E-state index < -0.39 is 0 Å². The predicted octanol–water partition coefficient (Wildman–Crippen LogP) is 3.47. The molecule has 0 radical (unpaired) electrons. The van der Waals surface area contributed by atoms with Gasteiger partial charge in [0.2, 0.25) is 5.91 Å². The van der Waals surface area contributed by atoms with Gasteiger partial charge in [-0.3, -0.25) is 9.69 Å². The Kier molecular flexibility index (Phi) is 4.67. The van der Waals surface area contributed by atoms with Crippen LogP contribution in [0.25, 0.3) is 0 Å². The van der Waals surface area contributed by atoms with Crippen molar-refractivity contribution in [2.45, 2.75) is 46.0 Å². The number of aryl methyl sites for hydroxylation is 1. The summed E-state index contributed by atoms with van der Waals surface area (Å²) in [5, 5.41) is 2.81. The van der Waals surface area contributed by atoms with E-state index in [1.165, 1.54) is 6.07 Å². The molecule has 4 heteroatoms. The molecule has 1 aliphatic heterocycles. The van der Waals surface area contributed by atoms with Crippen LogP contribution in [0.15, 0.2) is 12.1 Å². The number of hydrogen-bond acceptors (Lipinski definition) is 2. The highest BCUT2D eigenvalue weighted by Gasteiger charge is 2.22. The van der Waals surface area contributed by atoms with Gasteiger partial charge in [-0.05, 0) is 61.5 Å². The fourth-order valence-corrected chi connectivity index (χ4v) is 3.11. The van der Waals surface area contributed by atoms with Gasteiger partial charge >= 0.3 is 0 Å². The first-order valence-electron chi connectivity index (χ1n) is 7.60. The molecule has 3 nitrogen and oxygen atoms in total. The number of rotatable bonds is 3. The van der Waals surface area contributed by atoms with Gasteiger partial charge in [0.05, 0.1) is 6.54 Å². The molecular formula is C17H25FN2O. The van der Waals surface area contributed by atoms with Gasteiger partial charge in [-0.25, -0.2) is 4.39 Å². The number of nitrogens with zero attached hydrogens (tertiary/aromatic N) is 1. The van der Waals surface area contributed by atoms with E-state index >= 15 is 0 Å². The van der Waals surface area contributed by atoms with Crippen LogP contribution >= 0.6 is 0 Å². The average molecular weight is 292 g/mol. The van der Waals surface area contributed by atoms with Crippen LogP contribution in [0, 0.1) is 12.7 Å². The molecule has 0 spiro atoms. The highest BCUT2D eigenvalue weighted by atomic mass is 19.1. The van der Waals surface area contributed by atoms with E-state index in [4.69, 9.17) is 0 Å². The molecular weight excluding hydrogens is 267 g/mol. The quantitative estimate of drug-likeness (QED) is 0.925. The van der Waals surface area contributed by atoms with Crippen LogP contribution < -0.4 is 5.32 Å². The van der Waals surface area contributed by atoms with Crippen molar-refractivity contribution in [3.63, 3.8) is 0 Å². The number of carbonyl (C=O) groups excluding carboxylic acids is 1. The molecule has 1 amide bonds. The van der Waals surface area contributed by atoms with Crippen LogP contribution in [0.1, 0.15) is 44.7 Å². The summed E-state index contributed by atoms with van der Waals surface area (Å²) in [4.78, 5) is 14.1. The van der Waals surface area contributed by atoms with E-state index in [2.05, 4.69) is 10.2 Å². The zero-order chi connectivity index (χ0) is 15.6. The van der Waals surface area contributed by atoms with Crippen LogP contribution in [0.2, 0.25) is 0 Å². The summed E-state index contributed by atoms with van der Waals surface area (Å²) < 4.78 is 14.3. The van der Waals surface area contributed by atoms with Crippen LogP contribution in [-0.4, -0.2) is 30.4 Å². The Morgan fingerprint density at radius 3 is 2.43 bits per heavy atom. The lowest BCUT2D eigenvalue weighted by Gasteiger charge is -2.23. The van der Waals surface area contributed by atoms with Crippen molar-refractivity contribution >= 4 is 11.6 Å². The molecule has 116 valence electrons. The standard InChI is InChI=1S/C17H25FN2O/c1-12-9-13(10-14(18)16(12)17(2,3)4)19-15(21)11-20-7-5-6-8-20/h9-10H,5-8,11H2,1-4H3,(H,19,21). The Labute approximate surface area is 126 Å². The molecule has 0 bridgehead atoms. The SMILES string of the molecule is Cc1cc(NC(=O)CN2CCCC2)cc(F)c1C(C)(C)C. The molecule has 0 aliphatic carbocycles. The van der Waals surface area contributed by atoms with Crippen molar-refractivity contribution in [2.75, 3.05) is 25.0 Å². The maximum absolute atomic E-state index is 14.3. The molecule has 1 aliphatic rings. The summed E-state index contributed by atoms with van der Waals surface area (Å²) in [6.07, 6.45) is 2.31. The van der Waals surface area contributed by atoms with Gasteiger partial charge < -0.3 is 5.32 Å². The highest BCUT2D eigenvalue weighted by molar-refractivity contribution is 5.92. The number of carbonyl (C=O) groups is 1. The van der Waals surface area contributed by atoms with Crippen LogP contribution in [0.5, 0.6) is 0 Å². The molecule has 1 aromatic rings. The molecule has 1 fully saturated rings. The van der Waals surface area contributed by atoms with Gasteiger partial charge in [-0.2, -0.15) is 0 Å². The molecule has 0 aromatic heterocycles. The predicted molar refractivity (Wildman–Crippen MR) is 84.1 cm³/mol. The topological polar surface area (TPSA) is 32.3 Å². The van der Waals surface area contributed by atoms with Gasteiger partial charge in [0.15, 0.2) is 0 Å². The van der Waals surface area contributed by atoms with E-state index in [0.29, 0.717) is 17.8 Å². The lowest BCUT2D eigenvalue weighted by atomic mass is 9.83. The first kappa shape index (κ1) is 16.0. The maximum atomic E-state index is 14.3. The number of halogens is 1. The molecule has 1 N–H and O–H groups in total. The molecule has 1 aromatic carbocycles. The van der Waals surface area contributed by atoms with Gasteiger partial charge in [-0.1, -0.05) is 20.8 Å². The van der Waals surface area contributed by atoms with E-state index in [9.17, 15) is 9.18 Å². The first-order chi connectivity index (χ1) is 9.77. The van der Waals surface area contributed by atoms with E-state index in [1.807, 2.05) is 33.8 Å². The number of amides is 1. The van der Waals surface area contributed by atoms with Crippen LogP contribution in [0.4, 0.5) is 10.1 Å². The number of hydrogen-bond donors (Lipinski definition) is 1. The second-order valence-electron chi connectivity index (χ2n) is 6.93. The molecule has 1 saturated heterocycles. The van der Waals surface area contributed by atoms with Gasteiger partial charge in [-0.15, -0.1) is 0 Å². The Balaban J connectivity index is 2.09. The van der Waals surface area contributed by atoms with E-state index in [-0.39, 0.29) is 17.1 Å². The fraction of sp³-hybridized carbons (Fsp3) is 0.588. The van der Waals surface area contributed by atoms with Gasteiger partial charge in [0.25, 0.3) is 0 Å². The molecule has 2 rings (SSSR count). The van der Waals surface area contributed by atoms with Crippen LogP contribution in [-0.2, 0) is 10.2 Å². The molecule has 0 saturated carbocycles. The summed E-state index contributed by atoms with van der Waals surface area (Å²) in [5.41, 5.74) is 1.88. The lowest BCUT2D eigenvalue weighted by molar-refractivity contribution is -0.117. The Morgan fingerprint density at radius 1 is 1.29 bits per heavy atom. The Hall–Kier alpha value is -1.42. The van der Waals surface area contributed by atoms with Crippen molar-refractivity contribution in [3.8, 4) is 0 Å². The van der Waals surface area contributed by atoms with Crippen molar-refractivity contribution in [1.82, 2.24) is 4.90 Å². The number of benzene rings is 1. The molecule has 21 heavy (non-hydrogen) atoms. The summed E-state index contributed by atoms with van der Waals surface area (Å²) in [6, 6.07) is 3.28. The normalized spacial score (nSPS) is 16.2. The van der Waals surface area contributed by atoms with Crippen LogP contribution in [0.3, 0.4) is 0 Å². The molecule has 0 atom stereocenters. The third kappa shape index (κ3) is 4.03. The summed E-state index contributed by atoms with van der Waals surface area (Å²) in [5.74, 6) is -0.321. The smallest absolute Gasteiger partial charge is 0.238 e. The molecule has 0 unspecified atom stereocenters. The fourth-order valence-electron chi connectivity index (χ4n) is 3.11. The van der Waals surface area contributed by atoms with Crippen molar-refractivity contribution < 1.29 is 9.18 Å². The van der Waals surface area contributed by atoms with Gasteiger partial charge in [0, 0.05) is 5.69 Å². The minimum atomic E-state index is -0.251. The zero-order valence-corrected chi connectivity index (χ0v) is 13.4. The Morgan fingerprint density at radius 2 is 1.90 bits per heavy atom. The van der Waals surface area contributed by atoms with Gasteiger partial charge in [0.1, 0.15) is 5.82 Å². The van der Waals surface area contributed by atoms with Crippen molar-refractivity contribution in [2.24, 2.45) is 0 Å². The minimum absolute atomic E-state index is 0.0702. The number of nitrogens with one attached hydrogen (secondary N) is 1. The zero-order valence-electron chi connectivity index (χ0n) is 13.4. The van der Waals surface area contributed by atoms with E-state index in [0.717, 1.165) is 31.5 Å². The summed E-state index contributed by atoms with van der Waals surface area (Å²) in [6.45, 7) is 10.2. The Bertz CT molecular complexity index is 505. The summed E-state index contributed by atoms with van der Waals surface area (Å²) >= 11 is 0. The first-order valence-corrected chi connectivity index (χ1v) is 7.60. The molecule has 1 heterocycles. The average Bonchev–Trinajstić information content (AvgIpc) is 2.78. The highest BCUT2D eigenvalue weighted by Crippen LogP contribution is 2.30. The summed E-state index contributed by atoms with van der Waals surface area (Å²) in [7, 11) is 0. The van der Waals surface area contributed by atoms with E-state index in [1.54, 1.807) is 0 Å². The van der Waals surface area contributed by atoms with Crippen molar-refractivity contribution in [3.05, 3.63) is 29.1 Å². The third-order valence-corrected chi connectivity index (χ3v) is 3.89. The second-order valence-corrected chi connectivity index (χ2v) is 6.93. The van der Waals surface area contributed by atoms with Crippen molar-refractivity contribution in [1.29, 1.82) is 0 Å². The lowest BCUT2D eigenvalue weighted by Crippen LogP contribution is -2.31. The monoisotopic (exact) mass is 292 g/mol. The minimum Gasteiger partial charge on any atom is -0.325 e.